The largest absolute Gasteiger partial charge is 0.483 e. The summed E-state index contributed by atoms with van der Waals surface area (Å²) < 4.78 is 56.1. The standard InChI is InChI=1S/C29H28F3NO4/c30-29(31,32)23-5-3-4-22(17-23)24-6-1-2-7-25(24)35-18-28(34)33-14-12-20(13-15-33)8-9-21-10-11-26-27(16-21)37-19-36-26/h1-7,10-11,16-17,20H,8-9,12-15,18-19H2. The van der Waals surface area contributed by atoms with Gasteiger partial charge in [-0.2, -0.15) is 13.2 Å². The molecule has 5 nitrogen and oxygen atoms in total. The molecule has 5 rings (SSSR count). The third-order valence-corrected chi connectivity index (χ3v) is 6.98. The van der Waals surface area contributed by atoms with Gasteiger partial charge in [-0.3, -0.25) is 4.79 Å². The molecule has 1 saturated heterocycles. The third-order valence-electron chi connectivity index (χ3n) is 6.98. The second-order valence-electron chi connectivity index (χ2n) is 9.41. The third kappa shape index (κ3) is 6.01. The summed E-state index contributed by atoms with van der Waals surface area (Å²) in [7, 11) is 0. The van der Waals surface area contributed by atoms with Crippen LogP contribution in [0.5, 0.6) is 17.2 Å². The van der Waals surface area contributed by atoms with Gasteiger partial charge in [0.05, 0.1) is 5.56 Å². The Morgan fingerprint density at radius 2 is 1.73 bits per heavy atom. The van der Waals surface area contributed by atoms with Crippen LogP contribution in [0.4, 0.5) is 13.2 Å². The van der Waals surface area contributed by atoms with Crippen LogP contribution in [-0.4, -0.2) is 37.3 Å². The van der Waals surface area contributed by atoms with Crippen molar-refractivity contribution in [3.05, 3.63) is 77.9 Å². The quantitative estimate of drug-likeness (QED) is 0.371. The minimum Gasteiger partial charge on any atom is -0.483 e. The van der Waals surface area contributed by atoms with Crippen molar-refractivity contribution in [2.75, 3.05) is 26.5 Å². The lowest BCUT2D eigenvalue weighted by Crippen LogP contribution is -2.41. The molecule has 0 radical (unpaired) electrons. The van der Waals surface area contributed by atoms with E-state index in [-0.39, 0.29) is 19.3 Å². The Kier molecular flexibility index (Phi) is 7.26. The molecule has 37 heavy (non-hydrogen) atoms. The van der Waals surface area contributed by atoms with Crippen molar-refractivity contribution in [2.24, 2.45) is 5.92 Å². The molecule has 0 atom stereocenters. The van der Waals surface area contributed by atoms with Gasteiger partial charge in [-0.1, -0.05) is 36.4 Å². The summed E-state index contributed by atoms with van der Waals surface area (Å²) in [6, 6.07) is 18.0. The van der Waals surface area contributed by atoms with Gasteiger partial charge < -0.3 is 19.1 Å². The molecule has 2 heterocycles. The summed E-state index contributed by atoms with van der Waals surface area (Å²) >= 11 is 0. The smallest absolute Gasteiger partial charge is 0.416 e. The molecule has 8 heteroatoms. The van der Waals surface area contributed by atoms with Gasteiger partial charge in [0.25, 0.3) is 5.91 Å². The van der Waals surface area contributed by atoms with Crippen LogP contribution in [0.1, 0.15) is 30.4 Å². The highest BCUT2D eigenvalue weighted by molar-refractivity contribution is 5.78. The molecule has 3 aromatic carbocycles. The number of ether oxygens (including phenoxy) is 3. The van der Waals surface area contributed by atoms with Crippen molar-refractivity contribution >= 4 is 5.91 Å². The number of piperidine rings is 1. The number of para-hydroxylation sites is 1. The minimum absolute atomic E-state index is 0.118. The van der Waals surface area contributed by atoms with Crippen molar-refractivity contribution < 1.29 is 32.2 Å². The number of carbonyl (C=O) groups is 1. The van der Waals surface area contributed by atoms with Crippen LogP contribution >= 0.6 is 0 Å². The Bertz CT molecular complexity index is 1250. The fraction of sp³-hybridized carbons (Fsp3) is 0.345. The van der Waals surface area contributed by atoms with E-state index in [1.54, 1.807) is 30.3 Å². The number of alkyl halides is 3. The van der Waals surface area contributed by atoms with Crippen LogP contribution in [0.25, 0.3) is 11.1 Å². The van der Waals surface area contributed by atoms with Crippen LogP contribution in [0, 0.1) is 5.92 Å². The summed E-state index contributed by atoms with van der Waals surface area (Å²) in [5.41, 5.74) is 1.40. The average molecular weight is 512 g/mol. The average Bonchev–Trinajstić information content (AvgIpc) is 3.39. The predicted molar refractivity (Wildman–Crippen MR) is 133 cm³/mol. The molecule has 0 saturated carbocycles. The van der Waals surface area contributed by atoms with E-state index in [1.165, 1.54) is 11.6 Å². The number of benzene rings is 3. The number of carbonyl (C=O) groups excluding carboxylic acids is 1. The first-order chi connectivity index (χ1) is 17.9. The molecule has 0 unspecified atom stereocenters. The molecule has 0 N–H and O–H groups in total. The van der Waals surface area contributed by atoms with Gasteiger partial charge in [0, 0.05) is 18.7 Å². The highest BCUT2D eigenvalue weighted by Crippen LogP contribution is 2.36. The van der Waals surface area contributed by atoms with Gasteiger partial charge >= 0.3 is 6.18 Å². The fourth-order valence-electron chi connectivity index (χ4n) is 4.86. The first kappa shape index (κ1) is 25.0. The Labute approximate surface area is 213 Å². The van der Waals surface area contributed by atoms with Crippen LogP contribution < -0.4 is 14.2 Å². The Balaban J connectivity index is 1.12. The van der Waals surface area contributed by atoms with E-state index < -0.39 is 11.7 Å². The first-order valence-corrected chi connectivity index (χ1v) is 12.4. The number of rotatable bonds is 7. The van der Waals surface area contributed by atoms with Crippen molar-refractivity contribution in [3.8, 4) is 28.4 Å². The van der Waals surface area contributed by atoms with Gasteiger partial charge in [-0.05, 0) is 73.1 Å². The molecule has 0 bridgehead atoms. The number of aryl methyl sites for hydroxylation is 1. The van der Waals surface area contributed by atoms with E-state index in [9.17, 15) is 18.0 Å². The SMILES string of the molecule is O=C(COc1ccccc1-c1cccc(C(F)(F)F)c1)N1CCC(CCc2ccc3c(c2)OCO3)CC1. The number of hydrogen-bond acceptors (Lipinski definition) is 4. The molecule has 0 spiro atoms. The summed E-state index contributed by atoms with van der Waals surface area (Å²) in [6.07, 6.45) is -0.583. The van der Waals surface area contributed by atoms with E-state index in [4.69, 9.17) is 14.2 Å². The second kappa shape index (κ2) is 10.7. The van der Waals surface area contributed by atoms with Crippen LogP contribution in [0.15, 0.2) is 66.7 Å². The summed E-state index contributed by atoms with van der Waals surface area (Å²) in [4.78, 5) is 14.6. The Morgan fingerprint density at radius 3 is 2.54 bits per heavy atom. The zero-order valence-electron chi connectivity index (χ0n) is 20.3. The zero-order valence-corrected chi connectivity index (χ0v) is 20.3. The van der Waals surface area contributed by atoms with Gasteiger partial charge in [0.15, 0.2) is 18.1 Å². The minimum atomic E-state index is -4.43. The molecular weight excluding hydrogens is 483 g/mol. The van der Waals surface area contributed by atoms with Crippen molar-refractivity contribution in [2.45, 2.75) is 31.9 Å². The van der Waals surface area contributed by atoms with E-state index in [0.29, 0.717) is 35.9 Å². The van der Waals surface area contributed by atoms with Gasteiger partial charge in [-0.25, -0.2) is 0 Å². The molecule has 3 aromatic rings. The lowest BCUT2D eigenvalue weighted by atomic mass is 9.90. The van der Waals surface area contributed by atoms with Crippen molar-refractivity contribution in [1.82, 2.24) is 4.90 Å². The van der Waals surface area contributed by atoms with E-state index in [1.807, 2.05) is 17.0 Å². The van der Waals surface area contributed by atoms with E-state index >= 15 is 0 Å². The van der Waals surface area contributed by atoms with Crippen LogP contribution in [-0.2, 0) is 17.4 Å². The molecule has 2 aliphatic rings. The normalized spacial score (nSPS) is 15.6. The maximum Gasteiger partial charge on any atom is 0.416 e. The lowest BCUT2D eigenvalue weighted by Gasteiger charge is -2.32. The number of fused-ring (bicyclic) bond motifs is 1. The topological polar surface area (TPSA) is 48.0 Å². The van der Waals surface area contributed by atoms with Gasteiger partial charge in [-0.15, -0.1) is 0 Å². The highest BCUT2D eigenvalue weighted by Gasteiger charge is 2.30. The first-order valence-electron chi connectivity index (χ1n) is 12.4. The molecular formula is C29H28F3NO4. The van der Waals surface area contributed by atoms with Crippen molar-refractivity contribution in [1.29, 1.82) is 0 Å². The number of likely N-dealkylation sites (tertiary alicyclic amines) is 1. The molecule has 0 aromatic heterocycles. The van der Waals surface area contributed by atoms with E-state index in [2.05, 4.69) is 6.07 Å². The second-order valence-corrected chi connectivity index (χ2v) is 9.41. The fourth-order valence-corrected chi connectivity index (χ4v) is 4.86. The molecule has 0 aliphatic carbocycles. The van der Waals surface area contributed by atoms with E-state index in [0.717, 1.165) is 49.3 Å². The Hall–Kier alpha value is -3.68. The van der Waals surface area contributed by atoms with Gasteiger partial charge in [0.2, 0.25) is 6.79 Å². The molecule has 1 fully saturated rings. The number of hydrogen-bond donors (Lipinski definition) is 0. The Morgan fingerprint density at radius 1 is 0.946 bits per heavy atom. The lowest BCUT2D eigenvalue weighted by molar-refractivity contribution is -0.137. The monoisotopic (exact) mass is 511 g/mol. The maximum atomic E-state index is 13.2. The van der Waals surface area contributed by atoms with Crippen LogP contribution in [0.2, 0.25) is 0 Å². The number of amides is 1. The zero-order chi connectivity index (χ0) is 25.8. The molecule has 194 valence electrons. The molecule has 1 amide bonds. The summed E-state index contributed by atoms with van der Waals surface area (Å²) in [5.74, 6) is 2.39. The number of nitrogens with zero attached hydrogens (tertiary/aromatic N) is 1. The number of halogens is 3. The van der Waals surface area contributed by atoms with Crippen molar-refractivity contribution in [3.63, 3.8) is 0 Å². The summed E-state index contributed by atoms with van der Waals surface area (Å²) in [6.45, 7) is 1.45. The van der Waals surface area contributed by atoms with Gasteiger partial charge in [0.1, 0.15) is 5.75 Å². The summed E-state index contributed by atoms with van der Waals surface area (Å²) in [5, 5.41) is 0. The van der Waals surface area contributed by atoms with Crippen LogP contribution in [0.3, 0.4) is 0 Å². The molecule has 2 aliphatic heterocycles. The predicted octanol–water partition coefficient (Wildman–Crippen LogP) is 6.35. The maximum absolute atomic E-state index is 13.2. The highest BCUT2D eigenvalue weighted by atomic mass is 19.4.